The molecule has 1 aliphatic heterocycles. The minimum Gasteiger partial charge on any atom is -0.464 e. The van der Waals surface area contributed by atoms with Gasteiger partial charge in [0.2, 0.25) is 5.91 Å². The molecule has 2 atom stereocenters. The van der Waals surface area contributed by atoms with Crippen molar-refractivity contribution >= 4 is 35.0 Å². The third-order valence-electron chi connectivity index (χ3n) is 3.20. The van der Waals surface area contributed by atoms with E-state index in [4.69, 9.17) is 16.3 Å². The fraction of sp³-hybridized carbons (Fsp3) is 0.500. The van der Waals surface area contributed by atoms with E-state index in [1.807, 2.05) is 0 Å². The molecule has 120 valence electrons. The predicted molar refractivity (Wildman–Crippen MR) is 82.4 cm³/mol. The average molecular weight is 328 g/mol. The van der Waals surface area contributed by atoms with E-state index in [9.17, 15) is 9.59 Å². The van der Waals surface area contributed by atoms with Crippen molar-refractivity contribution in [3.05, 3.63) is 17.8 Å². The first-order valence-corrected chi connectivity index (χ1v) is 7.34. The summed E-state index contributed by atoms with van der Waals surface area (Å²) in [5.74, 6) is -0.521. The lowest BCUT2D eigenvalue weighted by molar-refractivity contribution is -0.115. The van der Waals surface area contributed by atoms with Crippen molar-refractivity contribution in [3.8, 4) is 0 Å². The number of rotatable bonds is 6. The van der Waals surface area contributed by atoms with Crippen molar-refractivity contribution in [2.45, 2.75) is 24.8 Å². The Morgan fingerprint density at radius 1 is 1.55 bits per heavy atom. The highest BCUT2D eigenvalue weighted by Crippen LogP contribution is 2.22. The molecule has 1 aromatic heterocycles. The molecule has 1 fully saturated rings. The van der Waals surface area contributed by atoms with Gasteiger partial charge in [-0.3, -0.25) is 4.79 Å². The summed E-state index contributed by atoms with van der Waals surface area (Å²) in [5, 5.41) is 5.06. The van der Waals surface area contributed by atoms with Gasteiger partial charge in [-0.05, 0) is 25.5 Å². The lowest BCUT2D eigenvalue weighted by Crippen LogP contribution is -2.34. The van der Waals surface area contributed by atoms with Crippen LogP contribution < -0.4 is 10.6 Å². The van der Waals surface area contributed by atoms with Crippen LogP contribution in [0.4, 0.5) is 11.5 Å². The van der Waals surface area contributed by atoms with Crippen molar-refractivity contribution in [3.63, 3.8) is 0 Å². The second kappa shape index (κ2) is 7.42. The average Bonchev–Trinajstić information content (AvgIpc) is 2.46. The molecule has 8 heteroatoms. The monoisotopic (exact) mass is 327 g/mol. The first-order valence-electron chi connectivity index (χ1n) is 6.91. The number of esters is 1. The second-order valence-corrected chi connectivity index (χ2v) is 5.51. The normalized spacial score (nSPS) is 18.0. The van der Waals surface area contributed by atoms with E-state index in [-0.39, 0.29) is 17.7 Å². The molecular formula is C14H18ClN3O4. The summed E-state index contributed by atoms with van der Waals surface area (Å²) in [6.07, 6.45) is 1.07. The molecule has 2 rings (SSSR count). The van der Waals surface area contributed by atoms with Gasteiger partial charge in [-0.25, -0.2) is 9.78 Å². The fourth-order valence-electron chi connectivity index (χ4n) is 1.80. The Hall–Kier alpha value is -1.86. The van der Waals surface area contributed by atoms with E-state index in [0.29, 0.717) is 18.1 Å². The summed E-state index contributed by atoms with van der Waals surface area (Å²) in [7, 11) is 1.28. The minimum atomic E-state index is -0.678. The van der Waals surface area contributed by atoms with E-state index < -0.39 is 11.3 Å². The van der Waals surface area contributed by atoms with Crippen LogP contribution in [-0.4, -0.2) is 48.6 Å². The number of hydrogen-bond donors (Lipinski definition) is 2. The van der Waals surface area contributed by atoms with Crippen LogP contribution in [-0.2, 0) is 14.3 Å². The van der Waals surface area contributed by atoms with E-state index in [1.165, 1.54) is 13.2 Å². The van der Waals surface area contributed by atoms with Crippen LogP contribution in [0.3, 0.4) is 0 Å². The van der Waals surface area contributed by atoms with Gasteiger partial charge in [0.05, 0.1) is 18.9 Å². The summed E-state index contributed by atoms with van der Waals surface area (Å²) >= 11 is 5.75. The van der Waals surface area contributed by atoms with Gasteiger partial charge in [-0.2, -0.15) is 0 Å². The Kier molecular flexibility index (Phi) is 5.57. The van der Waals surface area contributed by atoms with Crippen LogP contribution in [0.2, 0.25) is 0 Å². The third kappa shape index (κ3) is 4.08. The first-order chi connectivity index (χ1) is 10.5. The van der Waals surface area contributed by atoms with Crippen LogP contribution >= 0.6 is 11.6 Å². The summed E-state index contributed by atoms with van der Waals surface area (Å²) < 4.78 is 9.97. The van der Waals surface area contributed by atoms with Crippen LogP contribution in [0.1, 0.15) is 23.8 Å². The number of carbonyl (C=O) groups excluding carboxylic acids is 2. The highest BCUT2D eigenvalue weighted by atomic mass is 35.5. The zero-order valence-corrected chi connectivity index (χ0v) is 13.1. The molecule has 0 spiro atoms. The minimum absolute atomic E-state index is 0.110. The summed E-state index contributed by atoms with van der Waals surface area (Å²) in [6.45, 7) is 2.86. The van der Waals surface area contributed by atoms with Crippen molar-refractivity contribution in [2.75, 3.05) is 30.9 Å². The number of alkyl halides is 1. The number of anilines is 2. The van der Waals surface area contributed by atoms with Crippen LogP contribution in [0.15, 0.2) is 12.1 Å². The van der Waals surface area contributed by atoms with Crippen LogP contribution in [0.5, 0.6) is 0 Å². The quantitative estimate of drug-likeness (QED) is 0.610. The van der Waals surface area contributed by atoms with Crippen molar-refractivity contribution < 1.29 is 19.1 Å². The molecule has 2 heterocycles. The largest absolute Gasteiger partial charge is 0.464 e. The number of hydrogen-bond acceptors (Lipinski definition) is 6. The standard InChI is InChI=1S/C14H18ClN3O4/c1-8(15)13(19)18-10-3-4-11(14(20)21-2)17-12(10)16-7-9-5-6-22-9/h3-4,8-9H,5-7H2,1-2H3,(H,16,17)(H,18,19)/t8-,9-/m0/s1. The van der Waals surface area contributed by atoms with Gasteiger partial charge in [0.1, 0.15) is 5.38 Å². The summed E-state index contributed by atoms with van der Waals surface area (Å²) in [5.41, 5.74) is 0.598. The fourth-order valence-corrected chi connectivity index (χ4v) is 1.86. The van der Waals surface area contributed by atoms with Gasteiger partial charge in [-0.15, -0.1) is 11.6 Å². The maximum absolute atomic E-state index is 11.7. The molecule has 7 nitrogen and oxygen atoms in total. The van der Waals surface area contributed by atoms with E-state index in [2.05, 4.69) is 20.4 Å². The number of halogens is 1. The topological polar surface area (TPSA) is 89.5 Å². The number of pyridine rings is 1. The smallest absolute Gasteiger partial charge is 0.356 e. The van der Waals surface area contributed by atoms with E-state index in [1.54, 1.807) is 13.0 Å². The van der Waals surface area contributed by atoms with Crippen LogP contribution in [0.25, 0.3) is 0 Å². The molecule has 1 saturated heterocycles. The molecule has 0 unspecified atom stereocenters. The molecular weight excluding hydrogens is 310 g/mol. The molecule has 0 saturated carbocycles. The van der Waals surface area contributed by atoms with Crippen molar-refractivity contribution in [1.29, 1.82) is 0 Å². The summed E-state index contributed by atoms with van der Waals surface area (Å²) in [6, 6.07) is 3.06. The number of nitrogens with zero attached hydrogens (tertiary/aromatic N) is 1. The zero-order valence-electron chi connectivity index (χ0n) is 12.4. The van der Waals surface area contributed by atoms with Crippen molar-refractivity contribution in [2.24, 2.45) is 0 Å². The molecule has 0 bridgehead atoms. The summed E-state index contributed by atoms with van der Waals surface area (Å²) in [4.78, 5) is 27.5. The molecule has 22 heavy (non-hydrogen) atoms. The van der Waals surface area contributed by atoms with Crippen LogP contribution in [0, 0.1) is 0 Å². The molecule has 1 amide bonds. The molecule has 0 aliphatic carbocycles. The maximum Gasteiger partial charge on any atom is 0.356 e. The SMILES string of the molecule is COC(=O)c1ccc(NC(=O)[C@H](C)Cl)c(NC[C@@H]2CCO2)n1. The van der Waals surface area contributed by atoms with Gasteiger partial charge in [0, 0.05) is 13.2 Å². The van der Waals surface area contributed by atoms with Gasteiger partial charge in [-0.1, -0.05) is 0 Å². The molecule has 0 aromatic carbocycles. The molecule has 0 radical (unpaired) electrons. The maximum atomic E-state index is 11.7. The van der Waals surface area contributed by atoms with Gasteiger partial charge in [0.15, 0.2) is 11.5 Å². The highest BCUT2D eigenvalue weighted by Gasteiger charge is 2.20. The Labute approximate surface area is 133 Å². The predicted octanol–water partition coefficient (Wildman–Crippen LogP) is 1.63. The van der Waals surface area contributed by atoms with Crippen molar-refractivity contribution in [1.82, 2.24) is 4.98 Å². The second-order valence-electron chi connectivity index (χ2n) is 4.85. The third-order valence-corrected chi connectivity index (χ3v) is 3.40. The number of amides is 1. The van der Waals surface area contributed by atoms with Gasteiger partial charge < -0.3 is 20.1 Å². The highest BCUT2D eigenvalue weighted by molar-refractivity contribution is 6.32. The Bertz CT molecular complexity index is 561. The van der Waals surface area contributed by atoms with E-state index >= 15 is 0 Å². The number of methoxy groups -OCH3 is 1. The Balaban J connectivity index is 2.17. The number of nitrogens with one attached hydrogen (secondary N) is 2. The number of aromatic nitrogens is 1. The van der Waals surface area contributed by atoms with Gasteiger partial charge >= 0.3 is 5.97 Å². The van der Waals surface area contributed by atoms with E-state index in [0.717, 1.165) is 13.0 Å². The Morgan fingerprint density at radius 2 is 2.27 bits per heavy atom. The lowest BCUT2D eigenvalue weighted by Gasteiger charge is -2.27. The number of carbonyl (C=O) groups is 2. The Morgan fingerprint density at radius 3 is 2.82 bits per heavy atom. The first kappa shape index (κ1) is 16.5. The van der Waals surface area contributed by atoms with Gasteiger partial charge in [0.25, 0.3) is 0 Å². The molecule has 1 aliphatic rings. The molecule has 1 aromatic rings. The lowest BCUT2D eigenvalue weighted by atomic mass is 10.2. The zero-order chi connectivity index (χ0) is 16.1. The molecule has 2 N–H and O–H groups in total. The number of ether oxygens (including phenoxy) is 2.